The predicted molar refractivity (Wildman–Crippen MR) is 75.1 cm³/mol. The van der Waals surface area contributed by atoms with Crippen LogP contribution in [-0.2, 0) is 16.6 Å². The highest BCUT2D eigenvalue weighted by atomic mass is 32.2. The second-order valence-electron chi connectivity index (χ2n) is 4.13. The van der Waals surface area contributed by atoms with Gasteiger partial charge in [-0.1, -0.05) is 30.3 Å². The largest absolute Gasteiger partial charge is 0.493 e. The number of methoxy groups -OCH3 is 1. The van der Waals surface area contributed by atoms with E-state index in [1.165, 1.54) is 25.3 Å². The van der Waals surface area contributed by atoms with Crippen LogP contribution in [0.25, 0.3) is 0 Å². The monoisotopic (exact) mass is 293 g/mol. The number of benzene rings is 2. The van der Waals surface area contributed by atoms with Crippen molar-refractivity contribution in [2.45, 2.75) is 11.5 Å². The standard InChI is InChI=1S/C14H15NO4S/c1-18-13-8-7-12(20(15,16)17)9-14(13)19-10-11-5-3-2-4-6-11/h2-9H,10H2,1H3,(H2,15,16,17). The van der Waals surface area contributed by atoms with E-state index in [0.717, 1.165) is 5.56 Å². The Bertz CT molecular complexity index is 684. The molecular formula is C14H15NO4S. The van der Waals surface area contributed by atoms with E-state index in [1.54, 1.807) is 0 Å². The number of primary sulfonamides is 1. The normalized spacial score (nSPS) is 11.1. The summed E-state index contributed by atoms with van der Waals surface area (Å²) in [6.07, 6.45) is 0. The van der Waals surface area contributed by atoms with Gasteiger partial charge in [-0.15, -0.1) is 0 Å². The molecule has 0 aliphatic heterocycles. The molecule has 2 N–H and O–H groups in total. The van der Waals surface area contributed by atoms with Crippen LogP contribution in [0.15, 0.2) is 53.4 Å². The van der Waals surface area contributed by atoms with Gasteiger partial charge in [0, 0.05) is 6.07 Å². The van der Waals surface area contributed by atoms with Gasteiger partial charge in [-0.05, 0) is 17.7 Å². The molecule has 0 atom stereocenters. The summed E-state index contributed by atoms with van der Waals surface area (Å²) in [5.41, 5.74) is 0.968. The fraction of sp³-hybridized carbons (Fsp3) is 0.143. The van der Waals surface area contributed by atoms with Crippen LogP contribution in [0, 0.1) is 0 Å². The molecule has 0 spiro atoms. The molecule has 0 amide bonds. The molecule has 0 fully saturated rings. The molecule has 106 valence electrons. The van der Waals surface area contributed by atoms with Gasteiger partial charge in [0.2, 0.25) is 10.0 Å². The van der Waals surface area contributed by atoms with E-state index in [-0.39, 0.29) is 4.90 Å². The van der Waals surface area contributed by atoms with Gasteiger partial charge in [0.25, 0.3) is 0 Å². The lowest BCUT2D eigenvalue weighted by Crippen LogP contribution is -2.12. The molecule has 0 unspecified atom stereocenters. The van der Waals surface area contributed by atoms with Gasteiger partial charge >= 0.3 is 0 Å². The highest BCUT2D eigenvalue weighted by molar-refractivity contribution is 7.89. The fourth-order valence-electron chi connectivity index (χ4n) is 1.68. The van der Waals surface area contributed by atoms with Crippen LogP contribution in [0.1, 0.15) is 5.56 Å². The van der Waals surface area contributed by atoms with Gasteiger partial charge in [-0.25, -0.2) is 13.6 Å². The smallest absolute Gasteiger partial charge is 0.238 e. The SMILES string of the molecule is COc1ccc(S(N)(=O)=O)cc1OCc1ccccc1. The molecule has 0 radical (unpaired) electrons. The molecule has 0 bridgehead atoms. The lowest BCUT2D eigenvalue weighted by atomic mass is 10.2. The maximum atomic E-state index is 11.3. The maximum Gasteiger partial charge on any atom is 0.238 e. The molecule has 0 saturated carbocycles. The zero-order valence-electron chi connectivity index (χ0n) is 10.9. The average molecular weight is 293 g/mol. The van der Waals surface area contributed by atoms with E-state index in [0.29, 0.717) is 18.1 Å². The Labute approximate surface area is 118 Å². The van der Waals surface area contributed by atoms with Crippen LogP contribution >= 0.6 is 0 Å². The van der Waals surface area contributed by atoms with Crippen molar-refractivity contribution in [2.75, 3.05) is 7.11 Å². The summed E-state index contributed by atoms with van der Waals surface area (Å²) in [5.74, 6) is 0.788. The lowest BCUT2D eigenvalue weighted by Gasteiger charge is -2.11. The minimum absolute atomic E-state index is 0.0126. The molecule has 2 rings (SSSR count). The Balaban J connectivity index is 2.25. The minimum Gasteiger partial charge on any atom is -0.493 e. The van der Waals surface area contributed by atoms with Crippen LogP contribution in [0.5, 0.6) is 11.5 Å². The van der Waals surface area contributed by atoms with Crippen molar-refractivity contribution < 1.29 is 17.9 Å². The van der Waals surface area contributed by atoms with Gasteiger partial charge in [-0.3, -0.25) is 0 Å². The molecule has 0 aliphatic carbocycles. The highest BCUT2D eigenvalue weighted by Gasteiger charge is 2.13. The third-order valence-corrected chi connectivity index (χ3v) is 3.61. The van der Waals surface area contributed by atoms with Crippen LogP contribution in [0.4, 0.5) is 0 Å². The third kappa shape index (κ3) is 3.49. The van der Waals surface area contributed by atoms with Crippen LogP contribution in [0.2, 0.25) is 0 Å². The highest BCUT2D eigenvalue weighted by Crippen LogP contribution is 2.30. The summed E-state index contributed by atoms with van der Waals surface area (Å²) < 4.78 is 33.4. The van der Waals surface area contributed by atoms with Crippen molar-refractivity contribution in [3.05, 3.63) is 54.1 Å². The molecule has 0 saturated heterocycles. The molecule has 0 aliphatic rings. The van der Waals surface area contributed by atoms with Crippen molar-refractivity contribution in [1.82, 2.24) is 0 Å². The fourth-order valence-corrected chi connectivity index (χ4v) is 2.21. The van der Waals surface area contributed by atoms with Crippen LogP contribution in [0.3, 0.4) is 0 Å². The first-order valence-electron chi connectivity index (χ1n) is 5.88. The first kappa shape index (κ1) is 14.4. The summed E-state index contributed by atoms with van der Waals surface area (Å²) in [4.78, 5) is -0.0126. The van der Waals surface area contributed by atoms with Crippen molar-refractivity contribution in [3.63, 3.8) is 0 Å². The molecule has 2 aromatic carbocycles. The molecule has 6 heteroatoms. The van der Waals surface area contributed by atoms with Gasteiger partial charge in [-0.2, -0.15) is 0 Å². The number of sulfonamides is 1. The Kier molecular flexibility index (Phi) is 4.26. The summed E-state index contributed by atoms with van der Waals surface area (Å²) in [6.45, 7) is 0.311. The number of rotatable bonds is 5. The summed E-state index contributed by atoms with van der Waals surface area (Å²) in [5, 5.41) is 5.10. The van der Waals surface area contributed by atoms with E-state index >= 15 is 0 Å². The second-order valence-corrected chi connectivity index (χ2v) is 5.69. The van der Waals surface area contributed by atoms with Crippen molar-refractivity contribution in [1.29, 1.82) is 0 Å². The first-order valence-corrected chi connectivity index (χ1v) is 7.43. The summed E-state index contributed by atoms with van der Waals surface area (Å²) >= 11 is 0. The molecular weight excluding hydrogens is 278 g/mol. The van der Waals surface area contributed by atoms with Gasteiger partial charge < -0.3 is 9.47 Å². The number of ether oxygens (including phenoxy) is 2. The average Bonchev–Trinajstić information content (AvgIpc) is 2.45. The molecule has 0 heterocycles. The summed E-state index contributed by atoms with van der Waals surface area (Å²) in [7, 11) is -2.28. The number of hydrogen-bond acceptors (Lipinski definition) is 4. The molecule has 2 aromatic rings. The van der Waals surface area contributed by atoms with Crippen LogP contribution in [-0.4, -0.2) is 15.5 Å². The van der Waals surface area contributed by atoms with Gasteiger partial charge in [0.15, 0.2) is 11.5 Å². The topological polar surface area (TPSA) is 78.6 Å². The molecule has 5 nitrogen and oxygen atoms in total. The van der Waals surface area contributed by atoms with Gasteiger partial charge in [0.1, 0.15) is 6.61 Å². The number of hydrogen-bond donors (Lipinski definition) is 1. The summed E-state index contributed by atoms with van der Waals surface area (Å²) in [6, 6.07) is 13.8. The molecule has 0 aromatic heterocycles. The van der Waals surface area contributed by atoms with Crippen LogP contribution < -0.4 is 14.6 Å². The molecule has 20 heavy (non-hydrogen) atoms. The van der Waals surface area contributed by atoms with E-state index in [4.69, 9.17) is 14.6 Å². The minimum atomic E-state index is -3.77. The Morgan fingerprint density at radius 3 is 2.35 bits per heavy atom. The Hall–Kier alpha value is -2.05. The van der Waals surface area contributed by atoms with Crippen molar-refractivity contribution in [2.24, 2.45) is 5.14 Å². The maximum absolute atomic E-state index is 11.3. The number of nitrogens with two attached hydrogens (primary N) is 1. The van der Waals surface area contributed by atoms with Gasteiger partial charge in [0.05, 0.1) is 12.0 Å². The van der Waals surface area contributed by atoms with E-state index < -0.39 is 10.0 Å². The van der Waals surface area contributed by atoms with Crippen molar-refractivity contribution >= 4 is 10.0 Å². The quantitative estimate of drug-likeness (QED) is 0.913. The zero-order chi connectivity index (χ0) is 14.6. The van der Waals surface area contributed by atoms with E-state index in [2.05, 4.69) is 0 Å². The predicted octanol–water partition coefficient (Wildman–Crippen LogP) is 1.92. The van der Waals surface area contributed by atoms with E-state index in [9.17, 15) is 8.42 Å². The second kappa shape index (κ2) is 5.94. The van der Waals surface area contributed by atoms with E-state index in [1.807, 2.05) is 30.3 Å². The Morgan fingerprint density at radius 1 is 1.05 bits per heavy atom. The lowest BCUT2D eigenvalue weighted by molar-refractivity contribution is 0.283. The first-order chi connectivity index (χ1) is 9.50. The Morgan fingerprint density at radius 2 is 1.75 bits per heavy atom. The third-order valence-electron chi connectivity index (χ3n) is 2.70. The van der Waals surface area contributed by atoms with Crippen molar-refractivity contribution in [3.8, 4) is 11.5 Å². The zero-order valence-corrected chi connectivity index (χ0v) is 11.8.